The van der Waals surface area contributed by atoms with Crippen LogP contribution in [-0.2, 0) is 23.7 Å². The minimum absolute atomic E-state index is 0.358. The van der Waals surface area contributed by atoms with Crippen molar-refractivity contribution in [1.82, 2.24) is 0 Å². The second-order valence-electron chi connectivity index (χ2n) is 4.86. The SMILES string of the molecule is CCCCCCC=C[C@@H]1OC(=O)[C@H]2OC(OC)O[C@@H]12. The molecular formula is C14H22O5. The summed E-state index contributed by atoms with van der Waals surface area (Å²) in [6.45, 7) is 1.43. The summed E-state index contributed by atoms with van der Waals surface area (Å²) in [6.07, 6.45) is 8.46. The Kier molecular flexibility index (Phi) is 5.36. The van der Waals surface area contributed by atoms with Gasteiger partial charge in [-0.25, -0.2) is 4.79 Å². The fourth-order valence-corrected chi connectivity index (χ4v) is 2.32. The Morgan fingerprint density at radius 2 is 2.11 bits per heavy atom. The zero-order chi connectivity index (χ0) is 13.7. The van der Waals surface area contributed by atoms with Gasteiger partial charge in [-0.3, -0.25) is 0 Å². The Morgan fingerprint density at radius 3 is 2.84 bits per heavy atom. The molecule has 0 spiro atoms. The summed E-state index contributed by atoms with van der Waals surface area (Å²) >= 11 is 0. The topological polar surface area (TPSA) is 54.0 Å². The fraction of sp³-hybridized carbons (Fsp3) is 0.786. The molecule has 5 nitrogen and oxygen atoms in total. The standard InChI is InChI=1S/C14H22O5/c1-3-4-5-6-7-8-9-10-11-12(13(15)17-10)19-14(16-2)18-11/h8-12,14H,3-7H2,1-2H3/t10-,11-,12-,14?/m0/s1. The lowest BCUT2D eigenvalue weighted by atomic mass is 10.1. The Bertz CT molecular complexity index is 328. The van der Waals surface area contributed by atoms with Crippen LogP contribution in [0.4, 0.5) is 0 Å². The summed E-state index contributed by atoms with van der Waals surface area (Å²) in [6, 6.07) is 0. The van der Waals surface area contributed by atoms with Gasteiger partial charge < -0.3 is 18.9 Å². The van der Waals surface area contributed by atoms with E-state index in [4.69, 9.17) is 18.9 Å². The number of hydrogen-bond acceptors (Lipinski definition) is 5. The number of carbonyl (C=O) groups excluding carboxylic acids is 1. The summed E-state index contributed by atoms with van der Waals surface area (Å²) in [7, 11) is 1.48. The molecule has 2 aliphatic rings. The predicted molar refractivity (Wildman–Crippen MR) is 68.3 cm³/mol. The molecule has 1 unspecified atom stereocenters. The van der Waals surface area contributed by atoms with Gasteiger partial charge in [0.25, 0.3) is 6.48 Å². The van der Waals surface area contributed by atoms with E-state index < -0.39 is 12.6 Å². The maximum absolute atomic E-state index is 11.6. The number of fused-ring (bicyclic) bond motifs is 1. The van der Waals surface area contributed by atoms with E-state index in [-0.39, 0.29) is 18.2 Å². The summed E-state index contributed by atoms with van der Waals surface area (Å²) in [5, 5.41) is 0. The molecule has 0 aromatic carbocycles. The van der Waals surface area contributed by atoms with Crippen molar-refractivity contribution in [2.75, 3.05) is 7.11 Å². The van der Waals surface area contributed by atoms with Gasteiger partial charge in [0.15, 0.2) is 6.10 Å². The molecule has 2 heterocycles. The Morgan fingerprint density at radius 1 is 1.26 bits per heavy atom. The molecule has 2 fully saturated rings. The van der Waals surface area contributed by atoms with E-state index in [2.05, 4.69) is 13.0 Å². The lowest BCUT2D eigenvalue weighted by molar-refractivity contribution is -0.240. The molecule has 19 heavy (non-hydrogen) atoms. The van der Waals surface area contributed by atoms with Crippen molar-refractivity contribution in [1.29, 1.82) is 0 Å². The van der Waals surface area contributed by atoms with Crippen LogP contribution in [0.15, 0.2) is 12.2 Å². The highest BCUT2D eigenvalue weighted by Gasteiger charge is 2.52. The van der Waals surface area contributed by atoms with Gasteiger partial charge in [0.1, 0.15) is 12.2 Å². The molecule has 0 saturated carbocycles. The molecule has 0 bridgehead atoms. The summed E-state index contributed by atoms with van der Waals surface area (Å²) in [4.78, 5) is 11.6. The molecule has 2 aliphatic heterocycles. The maximum atomic E-state index is 11.6. The molecule has 5 heteroatoms. The van der Waals surface area contributed by atoms with Gasteiger partial charge in [0.2, 0.25) is 0 Å². The lowest BCUT2D eigenvalue weighted by Crippen LogP contribution is -2.27. The first-order chi connectivity index (χ1) is 9.26. The fourth-order valence-electron chi connectivity index (χ4n) is 2.32. The Hall–Kier alpha value is -0.910. The molecule has 0 aliphatic carbocycles. The number of cyclic esters (lactones) is 1. The largest absolute Gasteiger partial charge is 0.453 e. The summed E-state index contributed by atoms with van der Waals surface area (Å²) in [5.74, 6) is -0.370. The monoisotopic (exact) mass is 270 g/mol. The number of allylic oxidation sites excluding steroid dienone is 1. The van der Waals surface area contributed by atoms with Crippen molar-refractivity contribution < 1.29 is 23.7 Å². The number of carbonyl (C=O) groups is 1. The third kappa shape index (κ3) is 3.55. The first-order valence-corrected chi connectivity index (χ1v) is 6.97. The second kappa shape index (κ2) is 7.03. The summed E-state index contributed by atoms with van der Waals surface area (Å²) < 4.78 is 20.9. The van der Waals surface area contributed by atoms with Gasteiger partial charge in [-0.05, 0) is 18.9 Å². The van der Waals surface area contributed by atoms with Crippen molar-refractivity contribution in [3.63, 3.8) is 0 Å². The van der Waals surface area contributed by atoms with E-state index in [0.717, 1.165) is 12.8 Å². The molecule has 0 amide bonds. The second-order valence-corrected chi connectivity index (χ2v) is 4.86. The van der Waals surface area contributed by atoms with Crippen LogP contribution < -0.4 is 0 Å². The molecular weight excluding hydrogens is 248 g/mol. The summed E-state index contributed by atoms with van der Waals surface area (Å²) in [5.41, 5.74) is 0. The van der Waals surface area contributed by atoms with Gasteiger partial charge in [-0.15, -0.1) is 0 Å². The molecule has 108 valence electrons. The molecule has 0 radical (unpaired) electrons. The highest BCUT2D eigenvalue weighted by molar-refractivity contribution is 5.78. The third-order valence-electron chi connectivity index (χ3n) is 3.38. The van der Waals surface area contributed by atoms with Crippen LogP contribution in [-0.4, -0.2) is 37.9 Å². The van der Waals surface area contributed by atoms with E-state index >= 15 is 0 Å². The van der Waals surface area contributed by atoms with Gasteiger partial charge in [-0.1, -0.05) is 32.3 Å². The van der Waals surface area contributed by atoms with E-state index in [1.165, 1.54) is 26.4 Å². The van der Waals surface area contributed by atoms with Crippen LogP contribution >= 0.6 is 0 Å². The van der Waals surface area contributed by atoms with E-state index in [9.17, 15) is 4.79 Å². The average Bonchev–Trinajstić information content (AvgIpc) is 2.95. The molecule has 2 saturated heterocycles. The first kappa shape index (κ1) is 14.5. The highest BCUT2D eigenvalue weighted by Crippen LogP contribution is 2.31. The predicted octanol–water partition coefficient (Wildman–Crippen LogP) is 2.15. The van der Waals surface area contributed by atoms with Gasteiger partial charge in [0.05, 0.1) is 0 Å². The molecule has 4 atom stereocenters. The van der Waals surface area contributed by atoms with Gasteiger partial charge in [-0.2, -0.15) is 0 Å². The maximum Gasteiger partial charge on any atom is 0.339 e. The highest BCUT2D eigenvalue weighted by atomic mass is 16.9. The smallest absolute Gasteiger partial charge is 0.339 e. The van der Waals surface area contributed by atoms with E-state index in [0.29, 0.717) is 0 Å². The van der Waals surface area contributed by atoms with Crippen molar-refractivity contribution in [2.24, 2.45) is 0 Å². The molecule has 0 aromatic heterocycles. The van der Waals surface area contributed by atoms with Crippen molar-refractivity contribution in [3.05, 3.63) is 12.2 Å². The van der Waals surface area contributed by atoms with Crippen LogP contribution in [0.1, 0.15) is 39.0 Å². The van der Waals surface area contributed by atoms with E-state index in [1.807, 2.05) is 6.08 Å². The van der Waals surface area contributed by atoms with Crippen LogP contribution in [0.2, 0.25) is 0 Å². The third-order valence-corrected chi connectivity index (χ3v) is 3.38. The lowest BCUT2D eigenvalue weighted by Gasteiger charge is -2.13. The normalized spacial score (nSPS) is 33.9. The van der Waals surface area contributed by atoms with Gasteiger partial charge in [0, 0.05) is 7.11 Å². The van der Waals surface area contributed by atoms with Crippen molar-refractivity contribution in [3.8, 4) is 0 Å². The number of ether oxygens (including phenoxy) is 4. The van der Waals surface area contributed by atoms with E-state index in [1.54, 1.807) is 0 Å². The van der Waals surface area contributed by atoms with Crippen LogP contribution in [0, 0.1) is 0 Å². The molecule has 0 aromatic rings. The Labute approximate surface area is 113 Å². The average molecular weight is 270 g/mol. The minimum Gasteiger partial charge on any atom is -0.453 e. The number of rotatable bonds is 7. The number of hydrogen-bond donors (Lipinski definition) is 0. The van der Waals surface area contributed by atoms with Crippen LogP contribution in [0.5, 0.6) is 0 Å². The Balaban J connectivity index is 1.78. The first-order valence-electron chi connectivity index (χ1n) is 6.97. The zero-order valence-corrected chi connectivity index (χ0v) is 11.5. The number of esters is 1. The number of methoxy groups -OCH3 is 1. The van der Waals surface area contributed by atoms with Crippen molar-refractivity contribution >= 4 is 5.97 Å². The molecule has 2 rings (SSSR count). The van der Waals surface area contributed by atoms with Crippen LogP contribution in [0.25, 0.3) is 0 Å². The molecule has 0 N–H and O–H groups in total. The van der Waals surface area contributed by atoms with Crippen molar-refractivity contribution in [2.45, 2.75) is 63.8 Å². The number of unbranched alkanes of at least 4 members (excludes halogenated alkanes) is 4. The van der Waals surface area contributed by atoms with Gasteiger partial charge >= 0.3 is 5.97 Å². The quantitative estimate of drug-likeness (QED) is 0.403. The van der Waals surface area contributed by atoms with Crippen LogP contribution in [0.3, 0.4) is 0 Å². The minimum atomic E-state index is -0.761. The zero-order valence-electron chi connectivity index (χ0n) is 11.5.